The van der Waals surface area contributed by atoms with Gasteiger partial charge >= 0.3 is 12.1 Å². The van der Waals surface area contributed by atoms with Gasteiger partial charge in [-0.25, -0.2) is 9.59 Å². The molecule has 1 amide bonds. The molecular formula is C21H31BrN2O4. The molecule has 1 aliphatic rings. The van der Waals surface area contributed by atoms with E-state index >= 15 is 0 Å². The van der Waals surface area contributed by atoms with Crippen molar-refractivity contribution in [3.8, 4) is 0 Å². The van der Waals surface area contributed by atoms with Crippen molar-refractivity contribution in [1.29, 1.82) is 0 Å². The number of carboxylic acid groups (broad SMARTS) is 1. The molecule has 0 radical (unpaired) electrons. The Morgan fingerprint density at radius 3 is 2.36 bits per heavy atom. The van der Waals surface area contributed by atoms with E-state index in [4.69, 9.17) is 4.74 Å². The van der Waals surface area contributed by atoms with Crippen LogP contribution in [0.4, 0.5) is 10.5 Å². The Labute approximate surface area is 175 Å². The summed E-state index contributed by atoms with van der Waals surface area (Å²) >= 11 is 3.40. The predicted molar refractivity (Wildman–Crippen MR) is 114 cm³/mol. The van der Waals surface area contributed by atoms with Gasteiger partial charge in [0.1, 0.15) is 5.60 Å². The zero-order chi connectivity index (χ0) is 21.1. The highest BCUT2D eigenvalue weighted by atomic mass is 79.9. The van der Waals surface area contributed by atoms with E-state index in [9.17, 15) is 14.7 Å². The van der Waals surface area contributed by atoms with E-state index in [2.05, 4.69) is 33.5 Å². The van der Waals surface area contributed by atoms with Crippen molar-refractivity contribution in [1.82, 2.24) is 5.32 Å². The van der Waals surface area contributed by atoms with Gasteiger partial charge in [0.2, 0.25) is 0 Å². The molecule has 0 aromatic heterocycles. The van der Waals surface area contributed by atoms with Crippen LogP contribution in [0, 0.1) is 12.8 Å². The summed E-state index contributed by atoms with van der Waals surface area (Å²) in [5, 5.41) is 15.8. The molecule has 1 aromatic rings. The third-order valence-electron chi connectivity index (χ3n) is 5.19. The topological polar surface area (TPSA) is 87.7 Å². The van der Waals surface area contributed by atoms with Crippen molar-refractivity contribution in [3.05, 3.63) is 27.7 Å². The smallest absolute Gasteiger partial charge is 0.407 e. The van der Waals surface area contributed by atoms with Crippen LogP contribution in [0.3, 0.4) is 0 Å². The molecular weight excluding hydrogens is 424 g/mol. The molecule has 0 saturated heterocycles. The highest BCUT2D eigenvalue weighted by Crippen LogP contribution is 2.31. The van der Waals surface area contributed by atoms with E-state index in [0.29, 0.717) is 11.5 Å². The van der Waals surface area contributed by atoms with E-state index in [1.54, 1.807) is 6.07 Å². The number of carboxylic acids is 1. The Kier molecular flexibility index (Phi) is 7.37. The van der Waals surface area contributed by atoms with Gasteiger partial charge < -0.3 is 20.5 Å². The lowest BCUT2D eigenvalue weighted by Gasteiger charge is -2.34. The third-order valence-corrected chi connectivity index (χ3v) is 5.64. The first-order valence-corrected chi connectivity index (χ1v) is 10.5. The molecule has 28 heavy (non-hydrogen) atoms. The average Bonchev–Trinajstić information content (AvgIpc) is 2.56. The highest BCUT2D eigenvalue weighted by Gasteiger charge is 2.28. The van der Waals surface area contributed by atoms with Crippen LogP contribution in [0.2, 0.25) is 0 Å². The van der Waals surface area contributed by atoms with Crippen molar-refractivity contribution in [2.24, 2.45) is 5.92 Å². The second-order valence-corrected chi connectivity index (χ2v) is 9.54. The summed E-state index contributed by atoms with van der Waals surface area (Å²) in [6.45, 7) is 9.53. The molecule has 0 bridgehead atoms. The zero-order valence-corrected chi connectivity index (χ0v) is 18.9. The Bertz CT molecular complexity index is 722. The monoisotopic (exact) mass is 454 g/mol. The summed E-state index contributed by atoms with van der Waals surface area (Å²) in [6, 6.07) is 3.90. The lowest BCUT2D eigenvalue weighted by atomic mass is 9.82. The number of halogens is 1. The quantitative estimate of drug-likeness (QED) is 0.558. The molecule has 1 atom stereocenters. The number of benzene rings is 1. The Morgan fingerprint density at radius 1 is 1.21 bits per heavy atom. The zero-order valence-electron chi connectivity index (χ0n) is 17.3. The largest absolute Gasteiger partial charge is 0.478 e. The van der Waals surface area contributed by atoms with Crippen LogP contribution >= 0.6 is 15.9 Å². The number of aromatic carboxylic acids is 1. The number of rotatable bonds is 5. The maximum atomic E-state index is 11.9. The minimum atomic E-state index is -0.928. The number of hydrogen-bond acceptors (Lipinski definition) is 4. The first kappa shape index (κ1) is 22.5. The summed E-state index contributed by atoms with van der Waals surface area (Å²) in [5.74, 6) is -0.466. The van der Waals surface area contributed by atoms with Crippen molar-refractivity contribution in [2.45, 2.75) is 78.0 Å². The van der Waals surface area contributed by atoms with Gasteiger partial charge in [-0.05, 0) is 83.9 Å². The number of carbonyl (C=O) groups is 2. The van der Waals surface area contributed by atoms with Gasteiger partial charge in [-0.1, -0.05) is 15.9 Å². The SMILES string of the molecule is Cc1c(NC(C)C2CCC(NC(=O)OC(C)(C)C)CC2)cc(Br)cc1C(=O)O. The number of carbonyl (C=O) groups excluding carboxylic acids is 1. The molecule has 3 N–H and O–H groups in total. The first-order valence-electron chi connectivity index (χ1n) is 9.75. The molecule has 0 spiro atoms. The lowest BCUT2D eigenvalue weighted by molar-refractivity contribution is 0.0486. The number of nitrogens with one attached hydrogen (secondary N) is 2. The van der Waals surface area contributed by atoms with Crippen LogP contribution in [0.25, 0.3) is 0 Å². The second-order valence-electron chi connectivity index (χ2n) is 8.62. The summed E-state index contributed by atoms with van der Waals surface area (Å²) in [4.78, 5) is 23.4. The Balaban J connectivity index is 1.92. The molecule has 1 aliphatic carbocycles. The van der Waals surface area contributed by atoms with Crippen LogP contribution in [-0.4, -0.2) is 34.9 Å². The average molecular weight is 455 g/mol. The second kappa shape index (κ2) is 9.16. The molecule has 1 unspecified atom stereocenters. The molecule has 7 heteroatoms. The van der Waals surface area contributed by atoms with Crippen molar-refractivity contribution in [2.75, 3.05) is 5.32 Å². The molecule has 156 valence electrons. The lowest BCUT2D eigenvalue weighted by Crippen LogP contribution is -2.42. The van der Waals surface area contributed by atoms with Gasteiger partial charge in [-0.3, -0.25) is 0 Å². The fourth-order valence-electron chi connectivity index (χ4n) is 3.65. The molecule has 1 aromatic carbocycles. The van der Waals surface area contributed by atoms with E-state index < -0.39 is 11.6 Å². The number of ether oxygens (including phenoxy) is 1. The maximum absolute atomic E-state index is 11.9. The van der Waals surface area contributed by atoms with Gasteiger partial charge in [-0.2, -0.15) is 0 Å². The van der Waals surface area contributed by atoms with Crippen LogP contribution in [0.5, 0.6) is 0 Å². The predicted octanol–water partition coefficient (Wildman–Crippen LogP) is 5.34. The molecule has 6 nitrogen and oxygen atoms in total. The van der Waals surface area contributed by atoms with Crippen LogP contribution in [0.15, 0.2) is 16.6 Å². The summed E-state index contributed by atoms with van der Waals surface area (Å²) in [7, 11) is 0. The third kappa shape index (κ3) is 6.40. The normalized spacial score (nSPS) is 20.9. The number of alkyl carbamates (subject to hydrolysis) is 1. The van der Waals surface area contributed by atoms with Crippen LogP contribution < -0.4 is 10.6 Å². The van der Waals surface area contributed by atoms with E-state index in [1.165, 1.54) is 0 Å². The van der Waals surface area contributed by atoms with E-state index in [-0.39, 0.29) is 18.2 Å². The van der Waals surface area contributed by atoms with Crippen molar-refractivity contribution < 1.29 is 19.4 Å². The summed E-state index contributed by atoms with van der Waals surface area (Å²) in [5.41, 5.74) is 1.39. The van der Waals surface area contributed by atoms with Crippen molar-refractivity contribution in [3.63, 3.8) is 0 Å². The summed E-state index contributed by atoms with van der Waals surface area (Å²) < 4.78 is 6.08. The molecule has 2 rings (SSSR count). The van der Waals surface area contributed by atoms with Gasteiger partial charge in [0.05, 0.1) is 5.56 Å². The van der Waals surface area contributed by atoms with Crippen molar-refractivity contribution >= 4 is 33.7 Å². The fraction of sp³-hybridized carbons (Fsp3) is 0.619. The maximum Gasteiger partial charge on any atom is 0.407 e. The minimum Gasteiger partial charge on any atom is -0.478 e. The van der Waals surface area contributed by atoms with E-state index in [0.717, 1.165) is 41.4 Å². The van der Waals surface area contributed by atoms with Gasteiger partial charge in [0, 0.05) is 22.2 Å². The van der Waals surface area contributed by atoms with Gasteiger partial charge in [-0.15, -0.1) is 0 Å². The van der Waals surface area contributed by atoms with E-state index in [1.807, 2.05) is 33.8 Å². The van der Waals surface area contributed by atoms with Gasteiger partial charge in [0.25, 0.3) is 0 Å². The molecule has 1 saturated carbocycles. The number of hydrogen-bond donors (Lipinski definition) is 3. The number of amides is 1. The van der Waals surface area contributed by atoms with Gasteiger partial charge in [0.15, 0.2) is 0 Å². The molecule has 1 fully saturated rings. The molecule has 0 aliphatic heterocycles. The summed E-state index contributed by atoms with van der Waals surface area (Å²) in [6.07, 6.45) is 3.45. The minimum absolute atomic E-state index is 0.143. The fourth-order valence-corrected chi connectivity index (χ4v) is 4.11. The van der Waals surface area contributed by atoms with Crippen LogP contribution in [0.1, 0.15) is 69.3 Å². The Morgan fingerprint density at radius 2 is 1.82 bits per heavy atom. The highest BCUT2D eigenvalue weighted by molar-refractivity contribution is 9.10. The van der Waals surface area contributed by atoms with Crippen LogP contribution in [-0.2, 0) is 4.74 Å². The first-order chi connectivity index (χ1) is 13.0. The number of anilines is 1. The molecule has 0 heterocycles. The Hall–Kier alpha value is -1.76. The standard InChI is InChI=1S/C21H31BrN2O4/c1-12-17(19(25)26)10-15(22)11-18(12)23-13(2)14-6-8-16(9-7-14)24-20(27)28-21(3,4)5/h10-11,13-14,16,23H,6-9H2,1-5H3,(H,24,27)(H,25,26).